The molecule has 2 heterocycles. The molecule has 3 rings (SSSR count). The van der Waals surface area contributed by atoms with E-state index < -0.39 is 24.2 Å². The van der Waals surface area contributed by atoms with Gasteiger partial charge in [0.2, 0.25) is 5.91 Å². The molecule has 1 unspecified atom stereocenters. The average Bonchev–Trinajstić information content (AvgIpc) is 3.09. The quantitative estimate of drug-likeness (QED) is 0.891. The van der Waals surface area contributed by atoms with Crippen LogP contribution in [0.5, 0.6) is 0 Å². The molecule has 2 aliphatic heterocycles. The largest absolute Gasteiger partial charge is 0.423 e. The molecule has 0 bridgehead atoms. The van der Waals surface area contributed by atoms with Gasteiger partial charge in [-0.25, -0.2) is 9.18 Å². The molecular weight excluding hydrogens is 329 g/mol. The summed E-state index contributed by atoms with van der Waals surface area (Å²) in [6.07, 6.45) is -1.78. The van der Waals surface area contributed by atoms with Crippen LogP contribution in [-0.2, 0) is 9.53 Å². The van der Waals surface area contributed by atoms with Gasteiger partial charge in [0.15, 0.2) is 6.23 Å². The van der Waals surface area contributed by atoms with Gasteiger partial charge in [-0.05, 0) is 18.2 Å². The summed E-state index contributed by atoms with van der Waals surface area (Å²) in [7, 11) is 1.55. The van der Waals surface area contributed by atoms with Crippen molar-refractivity contribution in [2.75, 3.05) is 36.5 Å². The monoisotopic (exact) mass is 351 g/mol. The molecule has 1 N–H and O–H groups in total. The molecule has 0 radical (unpaired) electrons. The molecule has 7 nitrogen and oxygen atoms in total. The summed E-state index contributed by atoms with van der Waals surface area (Å²) in [6.45, 7) is 4.41. The first-order valence-corrected chi connectivity index (χ1v) is 8.22. The Balaban J connectivity index is 1.77. The highest BCUT2D eigenvalue weighted by Gasteiger charge is 2.36. The molecule has 136 valence electrons. The topological polar surface area (TPSA) is 73.3 Å². The number of halogens is 1. The van der Waals surface area contributed by atoms with Crippen LogP contribution < -0.4 is 9.80 Å². The fourth-order valence-electron chi connectivity index (χ4n) is 3.13. The van der Waals surface area contributed by atoms with Crippen LogP contribution in [0.1, 0.15) is 13.8 Å². The van der Waals surface area contributed by atoms with Crippen LogP contribution in [0.15, 0.2) is 18.2 Å². The minimum atomic E-state index is -0.692. The Morgan fingerprint density at radius 1 is 1.36 bits per heavy atom. The van der Waals surface area contributed by atoms with Crippen molar-refractivity contribution in [2.24, 2.45) is 5.92 Å². The lowest BCUT2D eigenvalue weighted by Crippen LogP contribution is -2.38. The van der Waals surface area contributed by atoms with Gasteiger partial charge in [0.05, 0.1) is 24.0 Å². The average molecular weight is 351 g/mol. The SMILES string of the molecule is CC(=O)N(C)C1CN(c2ccc(N3C[C@@H](C)[C@H](O)C3)c(F)c2)C(=O)O1. The maximum atomic E-state index is 14.6. The Morgan fingerprint density at radius 2 is 2.08 bits per heavy atom. The maximum Gasteiger partial charge on any atom is 0.416 e. The highest BCUT2D eigenvalue weighted by molar-refractivity contribution is 5.90. The van der Waals surface area contributed by atoms with Crippen molar-refractivity contribution in [1.29, 1.82) is 0 Å². The van der Waals surface area contributed by atoms with Crippen LogP contribution in [0.2, 0.25) is 0 Å². The molecule has 0 aromatic heterocycles. The number of likely N-dealkylation sites (N-methyl/N-ethyl adjacent to an activating group) is 1. The van der Waals surface area contributed by atoms with E-state index in [1.165, 1.54) is 22.8 Å². The van der Waals surface area contributed by atoms with Gasteiger partial charge in [-0.1, -0.05) is 6.92 Å². The van der Waals surface area contributed by atoms with Crippen molar-refractivity contribution < 1.29 is 23.8 Å². The number of cyclic esters (lactones) is 1. The van der Waals surface area contributed by atoms with Gasteiger partial charge in [-0.3, -0.25) is 9.69 Å². The van der Waals surface area contributed by atoms with Crippen LogP contribution in [0, 0.1) is 11.7 Å². The molecule has 2 saturated heterocycles. The lowest BCUT2D eigenvalue weighted by Gasteiger charge is -2.22. The van der Waals surface area contributed by atoms with Crippen molar-refractivity contribution in [3.63, 3.8) is 0 Å². The third-order valence-electron chi connectivity index (χ3n) is 4.88. The van der Waals surface area contributed by atoms with Gasteiger partial charge in [0, 0.05) is 33.0 Å². The van der Waals surface area contributed by atoms with Crippen LogP contribution in [0.3, 0.4) is 0 Å². The standard InChI is InChI=1S/C17H22FN3O4/c1-10-7-20(8-15(10)23)14-5-4-12(6-13(14)18)21-9-16(25-17(21)24)19(3)11(2)22/h4-6,10,15-16,23H,7-9H2,1-3H3/t10-,15-,16?/m1/s1. The second-order valence-corrected chi connectivity index (χ2v) is 6.66. The molecule has 3 atom stereocenters. The number of aliphatic hydroxyl groups excluding tert-OH is 1. The van der Waals surface area contributed by atoms with E-state index in [4.69, 9.17) is 4.74 Å². The lowest BCUT2D eigenvalue weighted by atomic mass is 10.1. The summed E-state index contributed by atoms with van der Waals surface area (Å²) in [4.78, 5) is 27.9. The highest BCUT2D eigenvalue weighted by atomic mass is 19.1. The summed E-state index contributed by atoms with van der Waals surface area (Å²) in [5, 5.41) is 9.84. The van der Waals surface area contributed by atoms with Crippen LogP contribution >= 0.6 is 0 Å². The predicted molar refractivity (Wildman–Crippen MR) is 89.8 cm³/mol. The number of carbonyl (C=O) groups is 2. The number of β-amino-alcohol motifs (C(OH)–C–C–N with tert-alkyl or cyclic N) is 1. The Labute approximate surface area is 145 Å². The first-order valence-electron chi connectivity index (χ1n) is 8.22. The van der Waals surface area contributed by atoms with Crippen LogP contribution in [0.25, 0.3) is 0 Å². The first kappa shape index (κ1) is 17.5. The summed E-state index contributed by atoms with van der Waals surface area (Å²) in [5.41, 5.74) is 0.774. The Kier molecular flexibility index (Phi) is 4.55. The Bertz CT molecular complexity index is 688. The molecule has 1 aromatic rings. The Morgan fingerprint density at radius 3 is 2.64 bits per heavy atom. The molecule has 1 aromatic carbocycles. The number of nitrogens with zero attached hydrogens (tertiary/aromatic N) is 3. The van der Waals surface area contributed by atoms with Crippen molar-refractivity contribution >= 4 is 23.4 Å². The molecule has 25 heavy (non-hydrogen) atoms. The van der Waals surface area contributed by atoms with E-state index in [0.29, 0.717) is 24.5 Å². The number of benzene rings is 1. The summed E-state index contributed by atoms with van der Waals surface area (Å²) >= 11 is 0. The minimum Gasteiger partial charge on any atom is -0.423 e. The van der Waals surface area contributed by atoms with Crippen molar-refractivity contribution in [3.8, 4) is 0 Å². The van der Waals surface area contributed by atoms with Gasteiger partial charge in [0.25, 0.3) is 0 Å². The number of aliphatic hydroxyl groups is 1. The number of amides is 2. The number of rotatable bonds is 3. The molecule has 0 aliphatic carbocycles. The molecule has 0 spiro atoms. The van der Waals surface area contributed by atoms with E-state index in [1.807, 2.05) is 6.92 Å². The summed E-state index contributed by atoms with van der Waals surface area (Å²) < 4.78 is 19.7. The zero-order valence-electron chi connectivity index (χ0n) is 14.5. The second kappa shape index (κ2) is 6.51. The summed E-state index contributed by atoms with van der Waals surface area (Å²) in [5.74, 6) is -0.603. The third-order valence-corrected chi connectivity index (χ3v) is 4.88. The van der Waals surface area contributed by atoms with E-state index in [9.17, 15) is 19.1 Å². The second-order valence-electron chi connectivity index (χ2n) is 6.66. The fraction of sp³-hybridized carbons (Fsp3) is 0.529. The normalized spacial score (nSPS) is 26.1. The zero-order valence-corrected chi connectivity index (χ0v) is 14.5. The molecule has 0 saturated carbocycles. The van der Waals surface area contributed by atoms with Crippen molar-refractivity contribution in [3.05, 3.63) is 24.0 Å². The summed E-state index contributed by atoms with van der Waals surface area (Å²) in [6, 6.07) is 4.53. The van der Waals surface area contributed by atoms with E-state index in [0.717, 1.165) is 0 Å². The number of hydrogen-bond acceptors (Lipinski definition) is 5. The van der Waals surface area contributed by atoms with Crippen LogP contribution in [-0.4, -0.2) is 61.0 Å². The smallest absolute Gasteiger partial charge is 0.416 e. The van der Waals surface area contributed by atoms with E-state index in [2.05, 4.69) is 0 Å². The lowest BCUT2D eigenvalue weighted by molar-refractivity contribution is -0.134. The van der Waals surface area contributed by atoms with Crippen LogP contribution in [0.4, 0.5) is 20.6 Å². The van der Waals surface area contributed by atoms with Gasteiger partial charge < -0.3 is 19.6 Å². The van der Waals surface area contributed by atoms with Gasteiger partial charge >= 0.3 is 6.09 Å². The molecular formula is C17H22FN3O4. The molecule has 2 aliphatic rings. The number of carbonyl (C=O) groups excluding carboxylic acids is 2. The van der Waals surface area contributed by atoms with Crippen molar-refractivity contribution in [1.82, 2.24) is 4.90 Å². The molecule has 8 heteroatoms. The van der Waals surface area contributed by atoms with E-state index in [1.54, 1.807) is 24.1 Å². The minimum absolute atomic E-state index is 0.0792. The molecule has 2 amide bonds. The van der Waals surface area contributed by atoms with E-state index >= 15 is 0 Å². The number of hydrogen-bond donors (Lipinski definition) is 1. The number of ether oxygens (including phenoxy) is 1. The van der Waals surface area contributed by atoms with Gasteiger partial charge in [-0.2, -0.15) is 0 Å². The van der Waals surface area contributed by atoms with Gasteiger partial charge in [0.1, 0.15) is 5.82 Å². The Hall–Kier alpha value is -2.35. The predicted octanol–water partition coefficient (Wildman–Crippen LogP) is 1.40. The van der Waals surface area contributed by atoms with Gasteiger partial charge in [-0.15, -0.1) is 0 Å². The maximum absolute atomic E-state index is 14.6. The number of anilines is 2. The zero-order chi connectivity index (χ0) is 18.3. The highest BCUT2D eigenvalue weighted by Crippen LogP contribution is 2.31. The molecule has 2 fully saturated rings. The van der Waals surface area contributed by atoms with Crippen molar-refractivity contribution in [2.45, 2.75) is 26.2 Å². The first-order chi connectivity index (χ1) is 11.8. The van der Waals surface area contributed by atoms with E-state index in [-0.39, 0.29) is 18.4 Å². The third kappa shape index (κ3) is 3.26. The fourth-order valence-corrected chi connectivity index (χ4v) is 3.13.